The maximum absolute atomic E-state index is 16.8. The van der Waals surface area contributed by atoms with E-state index in [-0.39, 0.29) is 61.4 Å². The fraction of sp³-hybridized carbons (Fsp3) is 0.483. The predicted octanol–water partition coefficient (Wildman–Crippen LogP) is 5.18. The van der Waals surface area contributed by atoms with Crippen molar-refractivity contribution in [3.05, 3.63) is 28.8 Å². The van der Waals surface area contributed by atoms with E-state index in [1.165, 1.54) is 12.1 Å². The zero-order valence-corrected chi connectivity index (χ0v) is 25.3. The highest BCUT2D eigenvalue weighted by Gasteiger charge is 2.49. The third-order valence-corrected chi connectivity index (χ3v) is 10.2. The van der Waals surface area contributed by atoms with Crippen LogP contribution in [0.1, 0.15) is 25.7 Å². The van der Waals surface area contributed by atoms with Crippen LogP contribution in [0, 0.1) is 11.6 Å². The molecule has 2 aromatic heterocycles. The normalized spacial score (nSPS) is 23.9. The monoisotopic (exact) mass is 633 g/mol. The molecule has 3 N–H and O–H groups in total. The molecule has 14 heteroatoms. The van der Waals surface area contributed by atoms with Crippen molar-refractivity contribution in [3.8, 4) is 22.9 Å². The molecule has 0 bridgehead atoms. The fourth-order valence-corrected chi connectivity index (χ4v) is 8.00. The van der Waals surface area contributed by atoms with E-state index in [9.17, 15) is 8.78 Å². The van der Waals surface area contributed by atoms with Gasteiger partial charge in [-0.15, -0.1) is 0 Å². The van der Waals surface area contributed by atoms with Gasteiger partial charge < -0.3 is 25.4 Å². The maximum Gasteiger partial charge on any atom is 0.319 e. The highest BCUT2D eigenvalue weighted by molar-refractivity contribution is 7.22. The lowest BCUT2D eigenvalue weighted by Gasteiger charge is -2.33. The number of nitrogen functional groups attached to an aromatic ring is 1. The highest BCUT2D eigenvalue weighted by atomic mass is 35.5. The van der Waals surface area contributed by atoms with Gasteiger partial charge in [-0.2, -0.15) is 9.97 Å². The molecule has 228 valence electrons. The van der Waals surface area contributed by atoms with Crippen LogP contribution in [0.2, 0.25) is 5.02 Å². The van der Waals surface area contributed by atoms with Crippen LogP contribution in [-0.2, 0) is 0 Å². The Hall–Kier alpha value is -3.13. The summed E-state index contributed by atoms with van der Waals surface area (Å²) in [5, 5.41) is 3.65. The number of nitrogens with one attached hydrogen (secondary N) is 1. The van der Waals surface area contributed by atoms with Gasteiger partial charge in [0.15, 0.2) is 16.7 Å². The number of alkyl halides is 1. The lowest BCUT2D eigenvalue weighted by molar-refractivity contribution is 0.107. The Labute approximate surface area is 255 Å². The molecule has 1 unspecified atom stereocenters. The number of benzene rings is 2. The van der Waals surface area contributed by atoms with Gasteiger partial charge in [-0.3, -0.25) is 4.90 Å². The molecule has 43 heavy (non-hydrogen) atoms. The topological polar surface area (TPSA) is 102 Å². The van der Waals surface area contributed by atoms with Crippen molar-refractivity contribution >= 4 is 55.0 Å². The van der Waals surface area contributed by atoms with Crippen LogP contribution in [0.4, 0.5) is 24.1 Å². The molecule has 0 spiro atoms. The van der Waals surface area contributed by atoms with Gasteiger partial charge >= 0.3 is 6.01 Å². The van der Waals surface area contributed by atoms with Crippen LogP contribution in [0.3, 0.4) is 0 Å². The molecule has 0 aliphatic carbocycles. The van der Waals surface area contributed by atoms with Crippen LogP contribution in [0.25, 0.3) is 32.2 Å². The van der Waals surface area contributed by atoms with Crippen molar-refractivity contribution in [1.29, 1.82) is 0 Å². The Balaban J connectivity index is 1.43. The Morgan fingerprint density at radius 1 is 1.26 bits per heavy atom. The molecule has 0 amide bonds. The number of nitrogens with zero attached hydrogens (tertiary/aromatic N) is 5. The molecule has 5 heterocycles. The number of thiazole rings is 1. The first-order valence-electron chi connectivity index (χ1n) is 14.3. The second kappa shape index (κ2) is 10.8. The lowest BCUT2D eigenvalue weighted by Crippen LogP contribution is -2.44. The van der Waals surface area contributed by atoms with E-state index in [2.05, 4.69) is 20.2 Å². The molecular weight excluding hydrogens is 603 g/mol. The number of ether oxygens (including phenoxy) is 2. The van der Waals surface area contributed by atoms with E-state index >= 15 is 4.39 Å². The summed E-state index contributed by atoms with van der Waals surface area (Å²) >= 11 is 7.91. The van der Waals surface area contributed by atoms with E-state index in [1.54, 1.807) is 0 Å². The van der Waals surface area contributed by atoms with Crippen LogP contribution in [0.15, 0.2) is 12.1 Å². The zero-order chi connectivity index (χ0) is 30.0. The van der Waals surface area contributed by atoms with Crippen molar-refractivity contribution in [2.75, 3.05) is 57.6 Å². The van der Waals surface area contributed by atoms with Gasteiger partial charge in [0.05, 0.1) is 32.8 Å². The van der Waals surface area contributed by atoms with Gasteiger partial charge in [0.1, 0.15) is 29.9 Å². The number of hydrogen-bond donors (Lipinski definition) is 2. The Kier molecular flexibility index (Phi) is 7.19. The first-order chi connectivity index (χ1) is 20.7. The number of nitrogens with two attached hydrogens (primary N) is 1. The number of anilines is 2. The summed E-state index contributed by atoms with van der Waals surface area (Å²) < 4.78 is 58.6. The molecule has 2 saturated heterocycles. The quantitative estimate of drug-likeness (QED) is 0.297. The third kappa shape index (κ3) is 4.63. The minimum absolute atomic E-state index is 0.00361. The lowest BCUT2D eigenvalue weighted by atomic mass is 9.95. The van der Waals surface area contributed by atoms with Crippen molar-refractivity contribution in [2.24, 2.45) is 0 Å². The fourth-order valence-electron chi connectivity index (χ4n) is 6.91. The number of aromatic nitrogens is 3. The predicted molar refractivity (Wildman–Crippen MR) is 162 cm³/mol. The smallest absolute Gasteiger partial charge is 0.319 e. The Bertz CT molecular complexity index is 1740. The second-order valence-corrected chi connectivity index (χ2v) is 12.9. The maximum atomic E-state index is 16.8. The third-order valence-electron chi connectivity index (χ3n) is 8.97. The standard InChI is InChI=1S/C29H31ClF3N7O2S/c1-35-11-15-6-9-41-24-19-23(21(33)18(20(24)30)16-4-5-17(32)25-22(16)36-27(34)43-25)37-28(38-26(19)39(15)2)42-13-29-7-3-8-40(29)12-14(31)10-29/h4-5,14-15,35H,3,6-13H2,1-2H3,(H2,34,36)/t14-,15?,29+/m1/s1. The zero-order valence-electron chi connectivity index (χ0n) is 23.7. The number of fused-ring (bicyclic) bond motifs is 2. The van der Waals surface area contributed by atoms with E-state index in [1.807, 2.05) is 19.0 Å². The molecular formula is C29H31ClF3N7O2S. The van der Waals surface area contributed by atoms with Crippen LogP contribution in [0.5, 0.6) is 11.8 Å². The van der Waals surface area contributed by atoms with E-state index in [4.69, 9.17) is 31.8 Å². The Morgan fingerprint density at radius 3 is 2.91 bits per heavy atom. The summed E-state index contributed by atoms with van der Waals surface area (Å²) in [7, 11) is 3.74. The molecule has 2 fully saturated rings. The van der Waals surface area contributed by atoms with E-state index in [0.717, 1.165) is 30.7 Å². The summed E-state index contributed by atoms with van der Waals surface area (Å²) in [5.41, 5.74) is 5.85. The van der Waals surface area contributed by atoms with Gasteiger partial charge in [-0.05, 0) is 38.6 Å². The van der Waals surface area contributed by atoms with Crippen LogP contribution in [-0.4, -0.2) is 84.5 Å². The molecule has 7 rings (SSSR count). The SMILES string of the molecule is CNCC1CCOc2c(Cl)c(-c3ccc(F)c4sc(N)nc34)c(F)c3nc(OC[C@@]45CCCN4C[C@H](F)C5)nc(c23)N1C. The average molecular weight is 634 g/mol. The van der Waals surface area contributed by atoms with Crippen LogP contribution < -0.4 is 25.4 Å². The summed E-state index contributed by atoms with van der Waals surface area (Å²) in [6.07, 6.45) is 1.85. The number of hydrogen-bond acceptors (Lipinski definition) is 10. The van der Waals surface area contributed by atoms with Gasteiger partial charge in [-0.25, -0.2) is 18.2 Å². The molecule has 3 atom stereocenters. The van der Waals surface area contributed by atoms with E-state index in [0.29, 0.717) is 43.7 Å². The molecule has 0 saturated carbocycles. The largest absolute Gasteiger partial charge is 0.491 e. The van der Waals surface area contributed by atoms with E-state index < -0.39 is 23.3 Å². The van der Waals surface area contributed by atoms with Crippen molar-refractivity contribution in [2.45, 2.75) is 43.4 Å². The van der Waals surface area contributed by atoms with Crippen molar-refractivity contribution in [1.82, 2.24) is 25.2 Å². The summed E-state index contributed by atoms with van der Waals surface area (Å²) in [5.74, 6) is -0.636. The van der Waals surface area contributed by atoms with Crippen LogP contribution >= 0.6 is 22.9 Å². The summed E-state index contributed by atoms with van der Waals surface area (Å²) in [4.78, 5) is 17.7. The minimum Gasteiger partial charge on any atom is -0.491 e. The first-order valence-corrected chi connectivity index (χ1v) is 15.5. The highest BCUT2D eigenvalue weighted by Crippen LogP contribution is 2.49. The van der Waals surface area contributed by atoms with Gasteiger partial charge in [0, 0.05) is 50.1 Å². The molecule has 2 aromatic carbocycles. The van der Waals surface area contributed by atoms with Gasteiger partial charge in [0.2, 0.25) is 0 Å². The molecule has 4 aromatic rings. The second-order valence-electron chi connectivity index (χ2n) is 11.5. The van der Waals surface area contributed by atoms with Gasteiger partial charge in [-0.1, -0.05) is 22.9 Å². The van der Waals surface area contributed by atoms with Crippen molar-refractivity contribution < 1.29 is 22.6 Å². The molecule has 0 radical (unpaired) electrons. The minimum atomic E-state index is -0.919. The Morgan fingerprint density at radius 2 is 2.09 bits per heavy atom. The number of halogens is 4. The number of likely N-dealkylation sites (N-methyl/N-ethyl adjacent to an activating group) is 2. The molecule has 9 nitrogen and oxygen atoms in total. The summed E-state index contributed by atoms with van der Waals surface area (Å²) in [6.45, 7) is 2.31. The summed E-state index contributed by atoms with van der Waals surface area (Å²) in [6, 6.07) is 2.60. The molecule has 3 aliphatic heterocycles. The number of rotatable bonds is 6. The van der Waals surface area contributed by atoms with Crippen molar-refractivity contribution in [3.63, 3.8) is 0 Å². The average Bonchev–Trinajstić information content (AvgIpc) is 3.64. The first kappa shape index (κ1) is 28.6. The molecule has 3 aliphatic rings. The van der Waals surface area contributed by atoms with Gasteiger partial charge in [0.25, 0.3) is 0 Å².